The highest BCUT2D eigenvalue weighted by atomic mass is 35.5. The lowest BCUT2D eigenvalue weighted by atomic mass is 9.96. The molecule has 0 spiro atoms. The van der Waals surface area contributed by atoms with Crippen LogP contribution in [0.2, 0.25) is 5.02 Å². The van der Waals surface area contributed by atoms with Crippen molar-refractivity contribution in [2.24, 2.45) is 0 Å². The van der Waals surface area contributed by atoms with Crippen LogP contribution in [0.5, 0.6) is 17.4 Å². The fourth-order valence-electron chi connectivity index (χ4n) is 4.37. The maximum absolute atomic E-state index is 13.1. The summed E-state index contributed by atoms with van der Waals surface area (Å²) in [5.74, 6) is -0.105. The van der Waals surface area contributed by atoms with Gasteiger partial charge >= 0.3 is 5.97 Å². The van der Waals surface area contributed by atoms with Gasteiger partial charge in [0.2, 0.25) is 11.4 Å². The summed E-state index contributed by atoms with van der Waals surface area (Å²) in [4.78, 5) is 21.5. The molecule has 4 aromatic rings. The van der Waals surface area contributed by atoms with E-state index in [1.54, 1.807) is 49.4 Å². The molecule has 1 aliphatic heterocycles. The normalized spacial score (nSPS) is 16.6. The summed E-state index contributed by atoms with van der Waals surface area (Å²) < 4.78 is 51.4. The lowest BCUT2D eigenvalue weighted by Crippen LogP contribution is -2.52. The highest BCUT2D eigenvalue weighted by Crippen LogP contribution is 2.34. The number of fused-ring (bicyclic) bond motifs is 1. The SMILES string of the molecule is COC(=O)C(C)(Oc1ccc(Oc2nc3cc(Cl)ccc3nc2NS(=O)(=O)c2ccc(N)cc2)cc1)C1CCCO1. The number of hydrogen-bond donors (Lipinski definition) is 2. The molecule has 1 saturated heterocycles. The van der Waals surface area contributed by atoms with Gasteiger partial charge in [-0.25, -0.2) is 23.2 Å². The van der Waals surface area contributed by atoms with Gasteiger partial charge in [0.15, 0.2) is 0 Å². The van der Waals surface area contributed by atoms with Gasteiger partial charge in [0.05, 0.1) is 23.0 Å². The van der Waals surface area contributed by atoms with Crippen molar-refractivity contribution >= 4 is 50.1 Å². The van der Waals surface area contributed by atoms with Crippen LogP contribution in [0.3, 0.4) is 0 Å². The Morgan fingerprint density at radius 1 is 1.05 bits per heavy atom. The number of ether oxygens (including phenoxy) is 4. The molecule has 1 aromatic heterocycles. The number of esters is 1. The van der Waals surface area contributed by atoms with E-state index in [2.05, 4.69) is 14.7 Å². The maximum atomic E-state index is 13.1. The molecule has 0 saturated carbocycles. The van der Waals surface area contributed by atoms with Crippen molar-refractivity contribution in [2.75, 3.05) is 24.2 Å². The van der Waals surface area contributed by atoms with E-state index >= 15 is 0 Å². The van der Waals surface area contributed by atoms with Gasteiger partial charge in [0, 0.05) is 17.3 Å². The number of sulfonamides is 1. The summed E-state index contributed by atoms with van der Waals surface area (Å²) in [6, 6.07) is 16.9. The third kappa shape index (κ3) is 6.14. The second-order valence-electron chi connectivity index (χ2n) is 9.46. The summed E-state index contributed by atoms with van der Waals surface area (Å²) in [5.41, 5.74) is 5.57. The third-order valence-corrected chi connectivity index (χ3v) is 8.11. The Labute approximate surface area is 241 Å². The fourth-order valence-corrected chi connectivity index (χ4v) is 5.53. The number of aromatic nitrogens is 2. The number of rotatable bonds is 9. The zero-order valence-corrected chi connectivity index (χ0v) is 23.7. The molecule has 41 heavy (non-hydrogen) atoms. The predicted octanol–water partition coefficient (Wildman–Crippen LogP) is 4.95. The van der Waals surface area contributed by atoms with Gasteiger partial charge in [-0.3, -0.25) is 4.72 Å². The number of methoxy groups -OCH3 is 1. The molecule has 11 nitrogen and oxygen atoms in total. The first-order valence-corrected chi connectivity index (χ1v) is 14.5. The first-order chi connectivity index (χ1) is 19.6. The first-order valence-electron chi connectivity index (χ1n) is 12.6. The zero-order chi connectivity index (χ0) is 29.2. The van der Waals surface area contributed by atoms with Gasteiger partial charge in [-0.05, 0) is 86.5 Å². The third-order valence-electron chi connectivity index (χ3n) is 6.52. The number of nitrogens with one attached hydrogen (secondary N) is 1. The highest BCUT2D eigenvalue weighted by molar-refractivity contribution is 7.92. The van der Waals surface area contributed by atoms with Crippen LogP contribution in [0.1, 0.15) is 19.8 Å². The Balaban J connectivity index is 1.44. The molecule has 2 unspecified atom stereocenters. The average molecular weight is 599 g/mol. The molecule has 2 heterocycles. The maximum Gasteiger partial charge on any atom is 0.352 e. The smallest absolute Gasteiger partial charge is 0.352 e. The van der Waals surface area contributed by atoms with Crippen LogP contribution < -0.4 is 19.9 Å². The van der Waals surface area contributed by atoms with E-state index in [1.807, 2.05) is 0 Å². The first kappa shape index (κ1) is 28.4. The Morgan fingerprint density at radius 2 is 1.76 bits per heavy atom. The number of carbonyl (C=O) groups is 1. The van der Waals surface area contributed by atoms with E-state index in [4.69, 9.17) is 36.3 Å². The second-order valence-corrected chi connectivity index (χ2v) is 11.6. The zero-order valence-electron chi connectivity index (χ0n) is 22.2. The number of halogens is 1. The number of anilines is 2. The average Bonchev–Trinajstić information content (AvgIpc) is 3.50. The Bertz CT molecular complexity index is 1680. The minimum absolute atomic E-state index is 0.0166. The summed E-state index contributed by atoms with van der Waals surface area (Å²) in [5, 5.41) is 0.425. The standard InChI is InChI=1S/C28H27ClN4O7S/c1-28(27(34)37-2,24-4-3-15-38-24)40-20-10-8-19(9-11-20)39-26-25(31-22-14-5-17(29)16-23(22)32-26)33-41(35,36)21-12-6-18(30)7-13-21/h5-14,16,24H,3-4,15,30H2,1-2H3,(H,31,33). The Morgan fingerprint density at radius 3 is 2.41 bits per heavy atom. The van der Waals surface area contributed by atoms with E-state index in [0.29, 0.717) is 46.3 Å². The van der Waals surface area contributed by atoms with Crippen LogP contribution in [-0.2, 0) is 24.3 Å². The van der Waals surface area contributed by atoms with Crippen LogP contribution in [-0.4, -0.2) is 49.8 Å². The Hall–Kier alpha value is -4.13. The number of nitrogens with zero attached hydrogens (tertiary/aromatic N) is 2. The van der Waals surface area contributed by atoms with Crippen molar-refractivity contribution in [1.82, 2.24) is 9.97 Å². The molecule has 3 aromatic carbocycles. The number of nitrogens with two attached hydrogens (primary N) is 1. The van der Waals surface area contributed by atoms with Crippen molar-refractivity contribution in [3.05, 3.63) is 71.8 Å². The monoisotopic (exact) mass is 598 g/mol. The molecule has 5 rings (SSSR count). The summed E-state index contributed by atoms with van der Waals surface area (Å²) >= 11 is 6.13. The topological polar surface area (TPSA) is 152 Å². The minimum atomic E-state index is -4.06. The van der Waals surface area contributed by atoms with Crippen molar-refractivity contribution in [2.45, 2.75) is 36.4 Å². The molecule has 0 bridgehead atoms. The Kier molecular flexibility index (Phi) is 7.89. The summed E-state index contributed by atoms with van der Waals surface area (Å²) in [6.07, 6.45) is 1.02. The molecular weight excluding hydrogens is 572 g/mol. The summed E-state index contributed by atoms with van der Waals surface area (Å²) in [6.45, 7) is 2.17. The van der Waals surface area contributed by atoms with Crippen LogP contribution in [0, 0.1) is 0 Å². The second kappa shape index (κ2) is 11.4. The van der Waals surface area contributed by atoms with E-state index in [0.717, 1.165) is 6.42 Å². The van der Waals surface area contributed by atoms with Crippen molar-refractivity contribution < 1.29 is 32.2 Å². The van der Waals surface area contributed by atoms with Gasteiger partial charge in [-0.15, -0.1) is 0 Å². The van der Waals surface area contributed by atoms with Gasteiger partial charge in [-0.1, -0.05) is 11.6 Å². The quantitative estimate of drug-likeness (QED) is 0.200. The lowest BCUT2D eigenvalue weighted by Gasteiger charge is -2.32. The van der Waals surface area contributed by atoms with E-state index in [-0.39, 0.29) is 16.6 Å². The molecule has 2 atom stereocenters. The highest BCUT2D eigenvalue weighted by Gasteiger charge is 2.47. The molecule has 0 radical (unpaired) electrons. The number of carbonyl (C=O) groups excluding carboxylic acids is 1. The molecule has 214 valence electrons. The van der Waals surface area contributed by atoms with Gasteiger partial charge in [-0.2, -0.15) is 0 Å². The number of hydrogen-bond acceptors (Lipinski definition) is 10. The van der Waals surface area contributed by atoms with Gasteiger partial charge < -0.3 is 24.7 Å². The molecule has 1 fully saturated rings. The lowest BCUT2D eigenvalue weighted by molar-refractivity contribution is -0.168. The fraction of sp³-hybridized carbons (Fsp3) is 0.250. The van der Waals surface area contributed by atoms with E-state index < -0.39 is 27.7 Å². The predicted molar refractivity (Wildman–Crippen MR) is 153 cm³/mol. The van der Waals surface area contributed by atoms with E-state index in [9.17, 15) is 13.2 Å². The minimum Gasteiger partial charge on any atom is -0.473 e. The molecular formula is C28H27ClN4O7S. The van der Waals surface area contributed by atoms with Gasteiger partial charge in [0.1, 0.15) is 17.6 Å². The van der Waals surface area contributed by atoms with Crippen LogP contribution >= 0.6 is 11.6 Å². The summed E-state index contributed by atoms with van der Waals surface area (Å²) in [7, 11) is -2.76. The molecule has 3 N–H and O–H groups in total. The van der Waals surface area contributed by atoms with Crippen molar-refractivity contribution in [1.29, 1.82) is 0 Å². The van der Waals surface area contributed by atoms with Crippen LogP contribution in [0.4, 0.5) is 11.5 Å². The molecule has 0 amide bonds. The molecule has 1 aliphatic rings. The van der Waals surface area contributed by atoms with Gasteiger partial charge in [0.25, 0.3) is 15.9 Å². The number of nitrogen functional groups attached to an aromatic ring is 1. The van der Waals surface area contributed by atoms with Crippen LogP contribution in [0.15, 0.2) is 71.6 Å². The largest absolute Gasteiger partial charge is 0.473 e. The van der Waals surface area contributed by atoms with Crippen molar-refractivity contribution in [3.8, 4) is 17.4 Å². The molecule has 0 aliphatic carbocycles. The van der Waals surface area contributed by atoms with Crippen LogP contribution in [0.25, 0.3) is 11.0 Å². The van der Waals surface area contributed by atoms with E-state index in [1.165, 1.54) is 31.4 Å². The number of benzene rings is 3. The van der Waals surface area contributed by atoms with Crippen molar-refractivity contribution in [3.63, 3.8) is 0 Å². The molecule has 13 heteroatoms.